The summed E-state index contributed by atoms with van der Waals surface area (Å²) in [6.45, 7) is 1.78. The van der Waals surface area contributed by atoms with Gasteiger partial charge in [-0.2, -0.15) is 0 Å². The van der Waals surface area contributed by atoms with Gasteiger partial charge in [0, 0.05) is 18.7 Å². The SMILES string of the molecule is OC1CCCC(NC2CCCOC2)C1. The van der Waals surface area contributed by atoms with Crippen molar-refractivity contribution < 1.29 is 9.84 Å². The second-order valence-corrected chi connectivity index (χ2v) is 4.60. The molecule has 2 N–H and O–H groups in total. The van der Waals surface area contributed by atoms with Crippen molar-refractivity contribution in [2.45, 2.75) is 56.7 Å². The second-order valence-electron chi connectivity index (χ2n) is 4.60. The monoisotopic (exact) mass is 199 g/mol. The second kappa shape index (κ2) is 5.10. The molecule has 1 aliphatic heterocycles. The van der Waals surface area contributed by atoms with Crippen LogP contribution in [0.4, 0.5) is 0 Å². The summed E-state index contributed by atoms with van der Waals surface area (Å²) in [6.07, 6.45) is 6.61. The van der Waals surface area contributed by atoms with E-state index in [9.17, 15) is 5.11 Å². The zero-order valence-electron chi connectivity index (χ0n) is 8.74. The minimum Gasteiger partial charge on any atom is -0.393 e. The van der Waals surface area contributed by atoms with Crippen LogP contribution in [0.3, 0.4) is 0 Å². The van der Waals surface area contributed by atoms with Gasteiger partial charge in [-0.25, -0.2) is 0 Å². The molecule has 0 aromatic carbocycles. The van der Waals surface area contributed by atoms with Gasteiger partial charge in [-0.1, -0.05) is 0 Å². The molecule has 2 rings (SSSR count). The summed E-state index contributed by atoms with van der Waals surface area (Å²) in [4.78, 5) is 0. The van der Waals surface area contributed by atoms with Crippen molar-refractivity contribution in [2.75, 3.05) is 13.2 Å². The van der Waals surface area contributed by atoms with Gasteiger partial charge >= 0.3 is 0 Å². The van der Waals surface area contributed by atoms with Crippen LogP contribution in [0, 0.1) is 0 Å². The maximum atomic E-state index is 9.54. The molecule has 2 aliphatic rings. The van der Waals surface area contributed by atoms with Gasteiger partial charge < -0.3 is 15.2 Å². The lowest BCUT2D eigenvalue weighted by atomic mass is 9.92. The first-order valence-corrected chi connectivity index (χ1v) is 5.86. The summed E-state index contributed by atoms with van der Waals surface area (Å²) in [5.41, 5.74) is 0. The Kier molecular flexibility index (Phi) is 3.79. The maximum Gasteiger partial charge on any atom is 0.0619 e. The highest BCUT2D eigenvalue weighted by Gasteiger charge is 2.23. The average molecular weight is 199 g/mol. The van der Waals surface area contributed by atoms with Crippen LogP contribution in [0.25, 0.3) is 0 Å². The molecule has 0 bridgehead atoms. The molecule has 82 valence electrons. The third-order valence-corrected chi connectivity index (χ3v) is 3.28. The van der Waals surface area contributed by atoms with Crippen molar-refractivity contribution in [3.8, 4) is 0 Å². The van der Waals surface area contributed by atoms with Crippen molar-refractivity contribution in [2.24, 2.45) is 0 Å². The fourth-order valence-electron chi connectivity index (χ4n) is 2.52. The van der Waals surface area contributed by atoms with E-state index in [4.69, 9.17) is 4.74 Å². The first kappa shape index (κ1) is 10.4. The van der Waals surface area contributed by atoms with Gasteiger partial charge in [-0.15, -0.1) is 0 Å². The van der Waals surface area contributed by atoms with Crippen molar-refractivity contribution in [3.63, 3.8) is 0 Å². The molecule has 0 amide bonds. The molecule has 3 nitrogen and oxygen atoms in total. The topological polar surface area (TPSA) is 41.5 Å². The van der Waals surface area contributed by atoms with Crippen LogP contribution >= 0.6 is 0 Å². The molecule has 0 aromatic heterocycles. The Balaban J connectivity index is 1.72. The van der Waals surface area contributed by atoms with E-state index in [2.05, 4.69) is 5.32 Å². The van der Waals surface area contributed by atoms with Crippen LogP contribution in [0.2, 0.25) is 0 Å². The summed E-state index contributed by atoms with van der Waals surface area (Å²) in [6, 6.07) is 1.05. The van der Waals surface area contributed by atoms with E-state index in [0.717, 1.165) is 32.5 Å². The zero-order valence-corrected chi connectivity index (χ0v) is 8.74. The van der Waals surface area contributed by atoms with E-state index in [1.807, 2.05) is 0 Å². The molecule has 1 saturated heterocycles. The van der Waals surface area contributed by atoms with E-state index in [1.54, 1.807) is 0 Å². The number of ether oxygens (including phenoxy) is 1. The van der Waals surface area contributed by atoms with Crippen LogP contribution < -0.4 is 5.32 Å². The Morgan fingerprint density at radius 1 is 1.07 bits per heavy atom. The van der Waals surface area contributed by atoms with E-state index in [0.29, 0.717) is 12.1 Å². The Morgan fingerprint density at radius 2 is 1.93 bits per heavy atom. The van der Waals surface area contributed by atoms with Crippen LogP contribution in [0.1, 0.15) is 38.5 Å². The van der Waals surface area contributed by atoms with Gasteiger partial charge in [0.2, 0.25) is 0 Å². The molecule has 0 aromatic rings. The molecule has 3 unspecified atom stereocenters. The zero-order chi connectivity index (χ0) is 9.80. The van der Waals surface area contributed by atoms with Gasteiger partial charge in [0.1, 0.15) is 0 Å². The van der Waals surface area contributed by atoms with Gasteiger partial charge in [0.05, 0.1) is 12.7 Å². The van der Waals surface area contributed by atoms with Gasteiger partial charge in [0.25, 0.3) is 0 Å². The average Bonchev–Trinajstić information content (AvgIpc) is 2.19. The molecule has 2 fully saturated rings. The summed E-state index contributed by atoms with van der Waals surface area (Å²) in [5.74, 6) is 0. The highest BCUT2D eigenvalue weighted by molar-refractivity contribution is 4.81. The summed E-state index contributed by atoms with van der Waals surface area (Å²) in [7, 11) is 0. The van der Waals surface area contributed by atoms with E-state index in [1.165, 1.54) is 19.3 Å². The maximum absolute atomic E-state index is 9.54. The molecule has 1 heterocycles. The predicted octanol–water partition coefficient (Wildman–Crippen LogP) is 1.06. The molecular formula is C11H21NO2. The Morgan fingerprint density at radius 3 is 2.64 bits per heavy atom. The third-order valence-electron chi connectivity index (χ3n) is 3.28. The first-order chi connectivity index (χ1) is 6.84. The first-order valence-electron chi connectivity index (χ1n) is 5.86. The number of hydrogen-bond acceptors (Lipinski definition) is 3. The van der Waals surface area contributed by atoms with Crippen LogP contribution in [0.5, 0.6) is 0 Å². The Labute approximate surface area is 85.8 Å². The van der Waals surface area contributed by atoms with E-state index in [-0.39, 0.29) is 6.10 Å². The molecule has 3 atom stereocenters. The van der Waals surface area contributed by atoms with Gasteiger partial charge in [-0.3, -0.25) is 0 Å². The smallest absolute Gasteiger partial charge is 0.0619 e. The van der Waals surface area contributed by atoms with Crippen LogP contribution in [-0.2, 0) is 4.74 Å². The summed E-state index contributed by atoms with van der Waals surface area (Å²) >= 11 is 0. The predicted molar refractivity (Wildman–Crippen MR) is 55.2 cm³/mol. The van der Waals surface area contributed by atoms with Crippen molar-refractivity contribution >= 4 is 0 Å². The molecule has 3 heteroatoms. The fraction of sp³-hybridized carbons (Fsp3) is 1.00. The van der Waals surface area contributed by atoms with Crippen LogP contribution in [-0.4, -0.2) is 36.5 Å². The Bertz CT molecular complexity index is 169. The van der Waals surface area contributed by atoms with Crippen LogP contribution in [0.15, 0.2) is 0 Å². The van der Waals surface area contributed by atoms with E-state index < -0.39 is 0 Å². The third kappa shape index (κ3) is 2.94. The summed E-state index contributed by atoms with van der Waals surface area (Å²) < 4.78 is 5.43. The quantitative estimate of drug-likeness (QED) is 0.698. The van der Waals surface area contributed by atoms with Gasteiger partial charge in [0.15, 0.2) is 0 Å². The summed E-state index contributed by atoms with van der Waals surface area (Å²) in [5, 5.41) is 13.1. The lowest BCUT2D eigenvalue weighted by molar-refractivity contribution is 0.0544. The lowest BCUT2D eigenvalue weighted by Crippen LogP contribution is -2.45. The minimum atomic E-state index is -0.0780. The highest BCUT2D eigenvalue weighted by atomic mass is 16.5. The molecule has 0 spiro atoms. The minimum absolute atomic E-state index is 0.0780. The number of hydrogen-bond donors (Lipinski definition) is 2. The molecular weight excluding hydrogens is 178 g/mol. The number of aliphatic hydroxyl groups excluding tert-OH is 1. The highest BCUT2D eigenvalue weighted by Crippen LogP contribution is 2.19. The van der Waals surface area contributed by atoms with Gasteiger partial charge in [-0.05, 0) is 38.5 Å². The standard InChI is InChI=1S/C11H21NO2/c13-11-5-1-3-9(7-11)12-10-4-2-6-14-8-10/h9-13H,1-8H2. The largest absolute Gasteiger partial charge is 0.393 e. The number of aliphatic hydroxyl groups is 1. The normalized spacial score (nSPS) is 39.6. The van der Waals surface area contributed by atoms with Crippen molar-refractivity contribution in [3.05, 3.63) is 0 Å². The number of rotatable bonds is 2. The Hall–Kier alpha value is -0.120. The van der Waals surface area contributed by atoms with E-state index >= 15 is 0 Å². The van der Waals surface area contributed by atoms with Crippen molar-refractivity contribution in [1.82, 2.24) is 5.32 Å². The molecule has 1 saturated carbocycles. The van der Waals surface area contributed by atoms with Crippen molar-refractivity contribution in [1.29, 1.82) is 0 Å². The molecule has 14 heavy (non-hydrogen) atoms. The molecule has 1 aliphatic carbocycles. The fourth-order valence-corrected chi connectivity index (χ4v) is 2.52. The number of nitrogens with one attached hydrogen (secondary N) is 1. The molecule has 0 radical (unpaired) electrons. The lowest BCUT2D eigenvalue weighted by Gasteiger charge is -2.32.